The molecule has 0 bridgehead atoms. The average molecular weight is 423 g/mol. The zero-order chi connectivity index (χ0) is 20.9. The molecule has 154 valence electrons. The van der Waals surface area contributed by atoms with Crippen molar-refractivity contribution in [1.82, 2.24) is 5.32 Å². The van der Waals surface area contributed by atoms with Crippen LogP contribution >= 0.6 is 11.6 Å². The quantitative estimate of drug-likeness (QED) is 0.531. The lowest BCUT2D eigenvalue weighted by atomic mass is 10.0. The van der Waals surface area contributed by atoms with E-state index in [-0.39, 0.29) is 0 Å². The largest absolute Gasteiger partial charge is 0.478 e. The fourth-order valence-electron chi connectivity index (χ4n) is 3.39. The van der Waals surface area contributed by atoms with Gasteiger partial charge in [-0.3, -0.25) is 0 Å². The molecule has 0 aromatic heterocycles. The van der Waals surface area contributed by atoms with Gasteiger partial charge in [-0.05, 0) is 66.2 Å². The maximum Gasteiger partial charge on any atom is 0.335 e. The number of carboxylic acids is 1. The van der Waals surface area contributed by atoms with E-state index in [0.29, 0.717) is 23.0 Å². The number of hydrogen-bond acceptors (Lipinski definition) is 4. The third kappa shape index (κ3) is 5.12. The van der Waals surface area contributed by atoms with Crippen molar-refractivity contribution < 1.29 is 14.6 Å². The summed E-state index contributed by atoms with van der Waals surface area (Å²) < 4.78 is 5.89. The van der Waals surface area contributed by atoms with E-state index in [1.54, 1.807) is 24.3 Å². The predicted octanol–water partition coefficient (Wildman–Crippen LogP) is 5.06. The van der Waals surface area contributed by atoms with Gasteiger partial charge < -0.3 is 20.1 Å². The molecule has 2 N–H and O–H groups in total. The number of ether oxygens (including phenoxy) is 1. The fraction of sp³-hybridized carbons (Fsp3) is 0.208. The van der Waals surface area contributed by atoms with Gasteiger partial charge in [0.25, 0.3) is 0 Å². The SMILES string of the molecule is O=C(O)c1ccc(CN(CC2CNC2)c2ccc(Oc3ccc(Cl)cc3)cc2)cc1. The van der Waals surface area contributed by atoms with Crippen LogP contribution in [0.2, 0.25) is 5.02 Å². The fourth-order valence-corrected chi connectivity index (χ4v) is 3.51. The van der Waals surface area contributed by atoms with Crippen LogP contribution in [-0.4, -0.2) is 30.7 Å². The lowest BCUT2D eigenvalue weighted by Gasteiger charge is -2.34. The van der Waals surface area contributed by atoms with Crippen molar-refractivity contribution in [2.45, 2.75) is 6.54 Å². The number of carboxylic acid groups (broad SMARTS) is 1. The Morgan fingerprint density at radius 2 is 1.57 bits per heavy atom. The van der Waals surface area contributed by atoms with Crippen molar-refractivity contribution in [1.29, 1.82) is 0 Å². The van der Waals surface area contributed by atoms with Crippen LogP contribution in [0.4, 0.5) is 5.69 Å². The standard InChI is InChI=1S/C24H23ClN2O3/c25-20-5-9-22(10-6-20)30-23-11-7-21(8-12-23)27(16-18-13-26-14-18)15-17-1-3-19(4-2-17)24(28)29/h1-12,18,26H,13-16H2,(H,28,29). The van der Waals surface area contributed by atoms with Crippen LogP contribution in [0.5, 0.6) is 11.5 Å². The van der Waals surface area contributed by atoms with Gasteiger partial charge in [-0.2, -0.15) is 0 Å². The van der Waals surface area contributed by atoms with Gasteiger partial charge >= 0.3 is 5.97 Å². The van der Waals surface area contributed by atoms with E-state index in [2.05, 4.69) is 22.3 Å². The van der Waals surface area contributed by atoms with Crippen LogP contribution in [0.1, 0.15) is 15.9 Å². The van der Waals surface area contributed by atoms with E-state index in [4.69, 9.17) is 21.4 Å². The van der Waals surface area contributed by atoms with E-state index in [0.717, 1.165) is 42.4 Å². The Kier molecular flexibility index (Phi) is 6.21. The van der Waals surface area contributed by atoms with Crippen molar-refractivity contribution in [3.63, 3.8) is 0 Å². The molecule has 6 heteroatoms. The minimum absolute atomic E-state index is 0.303. The van der Waals surface area contributed by atoms with E-state index in [1.165, 1.54) is 0 Å². The summed E-state index contributed by atoms with van der Waals surface area (Å²) in [7, 11) is 0. The van der Waals surface area contributed by atoms with Gasteiger partial charge in [0.15, 0.2) is 0 Å². The number of nitrogens with zero attached hydrogens (tertiary/aromatic N) is 1. The molecule has 0 saturated carbocycles. The monoisotopic (exact) mass is 422 g/mol. The first kappa shape index (κ1) is 20.3. The van der Waals surface area contributed by atoms with Gasteiger partial charge in [0.05, 0.1) is 5.56 Å². The molecule has 0 amide bonds. The highest BCUT2D eigenvalue weighted by Crippen LogP contribution is 2.27. The Hall–Kier alpha value is -3.02. The smallest absolute Gasteiger partial charge is 0.335 e. The molecule has 0 spiro atoms. The lowest BCUT2D eigenvalue weighted by molar-refractivity contribution is 0.0697. The molecule has 1 fully saturated rings. The summed E-state index contributed by atoms with van der Waals surface area (Å²) in [5.41, 5.74) is 2.48. The van der Waals surface area contributed by atoms with Crippen LogP contribution in [0.15, 0.2) is 72.8 Å². The van der Waals surface area contributed by atoms with E-state index >= 15 is 0 Å². The molecule has 0 radical (unpaired) electrons. The second-order valence-electron chi connectivity index (χ2n) is 7.46. The van der Waals surface area contributed by atoms with Gasteiger partial charge in [0.2, 0.25) is 0 Å². The second kappa shape index (κ2) is 9.20. The summed E-state index contributed by atoms with van der Waals surface area (Å²) in [6.45, 7) is 3.69. The molecular weight excluding hydrogens is 400 g/mol. The molecule has 30 heavy (non-hydrogen) atoms. The first-order chi connectivity index (χ1) is 14.6. The molecule has 0 atom stereocenters. The second-order valence-corrected chi connectivity index (χ2v) is 7.89. The van der Waals surface area contributed by atoms with Crippen LogP contribution in [0.25, 0.3) is 0 Å². The highest BCUT2D eigenvalue weighted by atomic mass is 35.5. The molecular formula is C24H23ClN2O3. The lowest BCUT2D eigenvalue weighted by Crippen LogP contribution is -2.48. The van der Waals surface area contributed by atoms with Gasteiger partial charge in [-0.15, -0.1) is 0 Å². The van der Waals surface area contributed by atoms with Gasteiger partial charge in [-0.1, -0.05) is 23.7 Å². The highest BCUT2D eigenvalue weighted by molar-refractivity contribution is 6.30. The minimum atomic E-state index is -0.907. The van der Waals surface area contributed by atoms with Crippen LogP contribution in [0, 0.1) is 5.92 Å². The Labute approximate surface area is 180 Å². The number of aromatic carboxylic acids is 1. The summed E-state index contributed by atoms with van der Waals surface area (Å²) >= 11 is 5.92. The van der Waals surface area contributed by atoms with Crippen molar-refractivity contribution in [3.05, 3.63) is 88.9 Å². The predicted molar refractivity (Wildman–Crippen MR) is 119 cm³/mol. The van der Waals surface area contributed by atoms with Gasteiger partial charge in [-0.25, -0.2) is 4.79 Å². The number of rotatable bonds is 8. The Bertz CT molecular complexity index is 984. The molecule has 0 aliphatic carbocycles. The average Bonchev–Trinajstić information content (AvgIpc) is 2.72. The molecule has 0 unspecified atom stereocenters. The van der Waals surface area contributed by atoms with E-state index in [9.17, 15) is 4.79 Å². The summed E-state index contributed by atoms with van der Waals surface area (Å²) in [4.78, 5) is 13.4. The normalized spacial score (nSPS) is 13.5. The molecule has 4 rings (SSSR count). The third-order valence-corrected chi connectivity index (χ3v) is 5.42. The topological polar surface area (TPSA) is 61.8 Å². The maximum absolute atomic E-state index is 11.1. The van der Waals surface area contributed by atoms with Crippen LogP contribution in [-0.2, 0) is 6.54 Å². The first-order valence-corrected chi connectivity index (χ1v) is 10.3. The summed E-state index contributed by atoms with van der Waals surface area (Å²) in [6.07, 6.45) is 0. The molecule has 1 aliphatic heterocycles. The van der Waals surface area contributed by atoms with Gasteiger partial charge in [0.1, 0.15) is 11.5 Å². The van der Waals surface area contributed by atoms with E-state index in [1.807, 2.05) is 36.4 Å². The highest BCUT2D eigenvalue weighted by Gasteiger charge is 2.21. The van der Waals surface area contributed by atoms with Crippen molar-refractivity contribution in [2.75, 3.05) is 24.5 Å². The number of hydrogen-bond donors (Lipinski definition) is 2. The molecule has 1 heterocycles. The Morgan fingerprint density at radius 3 is 2.10 bits per heavy atom. The zero-order valence-electron chi connectivity index (χ0n) is 16.4. The molecule has 5 nitrogen and oxygen atoms in total. The molecule has 1 aliphatic rings. The van der Waals surface area contributed by atoms with Crippen LogP contribution in [0.3, 0.4) is 0 Å². The molecule has 3 aromatic rings. The van der Waals surface area contributed by atoms with Crippen LogP contribution < -0.4 is 15.0 Å². The third-order valence-electron chi connectivity index (χ3n) is 5.17. The number of carbonyl (C=O) groups is 1. The zero-order valence-corrected chi connectivity index (χ0v) is 17.2. The van der Waals surface area contributed by atoms with Crippen molar-refractivity contribution in [3.8, 4) is 11.5 Å². The number of benzene rings is 3. The van der Waals surface area contributed by atoms with E-state index < -0.39 is 5.97 Å². The number of anilines is 1. The molecule has 1 saturated heterocycles. The minimum Gasteiger partial charge on any atom is -0.478 e. The Morgan fingerprint density at radius 1 is 0.967 bits per heavy atom. The maximum atomic E-state index is 11.1. The molecule has 3 aromatic carbocycles. The number of halogens is 1. The van der Waals surface area contributed by atoms with Crippen molar-refractivity contribution in [2.24, 2.45) is 5.92 Å². The summed E-state index contributed by atoms with van der Waals surface area (Å²) in [6, 6.07) is 22.4. The Balaban J connectivity index is 1.48. The van der Waals surface area contributed by atoms with Crippen molar-refractivity contribution >= 4 is 23.3 Å². The first-order valence-electron chi connectivity index (χ1n) is 9.88. The van der Waals surface area contributed by atoms with Gasteiger partial charge in [0, 0.05) is 42.8 Å². The summed E-state index contributed by atoms with van der Waals surface area (Å²) in [5, 5.41) is 13.1. The number of nitrogens with one attached hydrogen (secondary N) is 1. The summed E-state index contributed by atoms with van der Waals surface area (Å²) in [5.74, 6) is 1.20.